The predicted molar refractivity (Wildman–Crippen MR) is 104 cm³/mol. The average molecular weight is 376 g/mol. The molecule has 0 saturated carbocycles. The summed E-state index contributed by atoms with van der Waals surface area (Å²) in [4.78, 5) is 27.1. The van der Waals surface area contributed by atoms with Crippen LogP contribution in [0.25, 0.3) is 0 Å². The van der Waals surface area contributed by atoms with E-state index in [1.807, 2.05) is 31.1 Å². The van der Waals surface area contributed by atoms with Crippen LogP contribution < -0.4 is 15.5 Å². The van der Waals surface area contributed by atoms with Crippen LogP contribution in [0.5, 0.6) is 0 Å². The number of benzene rings is 2. The minimum absolute atomic E-state index is 0.0325. The molecule has 2 amide bonds. The van der Waals surface area contributed by atoms with Gasteiger partial charge in [0.2, 0.25) is 5.91 Å². The number of carbonyl (C=O) groups excluding carboxylic acids is 2. The number of carbonyl (C=O) groups is 2. The summed E-state index contributed by atoms with van der Waals surface area (Å²) in [7, 11) is 3.81. The van der Waals surface area contributed by atoms with Gasteiger partial charge in [-0.25, -0.2) is 0 Å². The molecule has 130 valence electrons. The Balaban J connectivity index is 1.80. The molecule has 0 aromatic heterocycles. The summed E-state index contributed by atoms with van der Waals surface area (Å²) in [5, 5.41) is 6.24. The first-order valence-electron chi connectivity index (χ1n) is 7.79. The molecule has 0 saturated heterocycles. The van der Waals surface area contributed by atoms with E-state index in [4.69, 9.17) is 11.6 Å². The SMILES string of the molecule is CN(C)c1ccc(NC(=O)c2ccc3c(c2)NC(=O)CCS3)cc1Cl. The van der Waals surface area contributed by atoms with E-state index in [9.17, 15) is 9.59 Å². The molecule has 0 bridgehead atoms. The topological polar surface area (TPSA) is 61.4 Å². The second kappa shape index (κ2) is 7.37. The van der Waals surface area contributed by atoms with Gasteiger partial charge in [-0.05, 0) is 36.4 Å². The molecular formula is C18H18ClN3O2S. The maximum absolute atomic E-state index is 12.5. The Morgan fingerprint density at radius 1 is 1.24 bits per heavy atom. The van der Waals surface area contributed by atoms with Crippen LogP contribution in [0.2, 0.25) is 5.02 Å². The minimum Gasteiger partial charge on any atom is -0.376 e. The fourth-order valence-corrected chi connectivity index (χ4v) is 3.80. The van der Waals surface area contributed by atoms with Crippen molar-refractivity contribution in [2.24, 2.45) is 0 Å². The fraction of sp³-hybridized carbons (Fsp3) is 0.222. The maximum Gasteiger partial charge on any atom is 0.255 e. The zero-order chi connectivity index (χ0) is 18.0. The van der Waals surface area contributed by atoms with Crippen molar-refractivity contribution >= 4 is 52.2 Å². The van der Waals surface area contributed by atoms with E-state index >= 15 is 0 Å². The standard InChI is InChI=1S/C18H18ClN3O2S/c1-22(2)15-5-4-12(10-13(15)19)20-18(24)11-3-6-16-14(9-11)21-17(23)7-8-25-16/h3-6,9-10H,7-8H2,1-2H3,(H,20,24)(H,21,23). The average Bonchev–Trinajstić information content (AvgIpc) is 2.74. The van der Waals surface area contributed by atoms with Gasteiger partial charge in [0.15, 0.2) is 0 Å². The van der Waals surface area contributed by atoms with Crippen LogP contribution >= 0.6 is 23.4 Å². The van der Waals surface area contributed by atoms with Crippen molar-refractivity contribution in [1.29, 1.82) is 0 Å². The lowest BCUT2D eigenvalue weighted by Crippen LogP contribution is -2.14. The van der Waals surface area contributed by atoms with E-state index in [1.165, 1.54) is 0 Å². The lowest BCUT2D eigenvalue weighted by atomic mass is 10.1. The molecule has 0 fully saturated rings. The van der Waals surface area contributed by atoms with Gasteiger partial charge in [-0.1, -0.05) is 11.6 Å². The van der Waals surface area contributed by atoms with E-state index in [0.717, 1.165) is 16.3 Å². The maximum atomic E-state index is 12.5. The Bertz CT molecular complexity index is 839. The molecule has 3 rings (SSSR count). The summed E-state index contributed by atoms with van der Waals surface area (Å²) < 4.78 is 0. The molecule has 7 heteroatoms. The molecule has 1 aliphatic rings. The molecule has 0 unspecified atom stereocenters. The molecule has 2 aromatic rings. The molecule has 5 nitrogen and oxygen atoms in total. The highest BCUT2D eigenvalue weighted by Crippen LogP contribution is 2.32. The quantitative estimate of drug-likeness (QED) is 0.848. The Labute approximate surface area is 155 Å². The lowest BCUT2D eigenvalue weighted by Gasteiger charge is -2.15. The number of fused-ring (bicyclic) bond motifs is 1. The number of amides is 2. The Morgan fingerprint density at radius 3 is 2.76 bits per heavy atom. The summed E-state index contributed by atoms with van der Waals surface area (Å²) in [6.45, 7) is 0. The van der Waals surface area contributed by atoms with Crippen LogP contribution in [-0.2, 0) is 4.79 Å². The number of hydrogen-bond acceptors (Lipinski definition) is 4. The van der Waals surface area contributed by atoms with Crippen molar-refractivity contribution < 1.29 is 9.59 Å². The van der Waals surface area contributed by atoms with E-state index in [-0.39, 0.29) is 11.8 Å². The summed E-state index contributed by atoms with van der Waals surface area (Å²) in [6, 6.07) is 10.7. The molecule has 0 atom stereocenters. The van der Waals surface area contributed by atoms with Crippen LogP contribution in [0.4, 0.5) is 17.1 Å². The third-order valence-electron chi connectivity index (χ3n) is 3.79. The first-order valence-corrected chi connectivity index (χ1v) is 9.15. The highest BCUT2D eigenvalue weighted by molar-refractivity contribution is 7.99. The smallest absolute Gasteiger partial charge is 0.255 e. The van der Waals surface area contributed by atoms with Gasteiger partial charge in [0.05, 0.1) is 16.4 Å². The van der Waals surface area contributed by atoms with E-state index < -0.39 is 0 Å². The van der Waals surface area contributed by atoms with Crippen molar-refractivity contribution in [3.63, 3.8) is 0 Å². The highest BCUT2D eigenvalue weighted by atomic mass is 35.5. The van der Waals surface area contributed by atoms with Crippen LogP contribution in [0, 0.1) is 0 Å². The lowest BCUT2D eigenvalue weighted by molar-refractivity contribution is -0.115. The van der Waals surface area contributed by atoms with E-state index in [0.29, 0.717) is 28.4 Å². The fourth-order valence-electron chi connectivity index (χ4n) is 2.51. The van der Waals surface area contributed by atoms with Crippen molar-refractivity contribution in [3.8, 4) is 0 Å². The van der Waals surface area contributed by atoms with Gasteiger partial charge in [-0.2, -0.15) is 0 Å². The molecular weight excluding hydrogens is 358 g/mol. The second-order valence-electron chi connectivity index (χ2n) is 5.87. The number of halogens is 1. The Kier molecular flexibility index (Phi) is 5.20. The second-order valence-corrected chi connectivity index (χ2v) is 7.42. The summed E-state index contributed by atoms with van der Waals surface area (Å²) >= 11 is 7.85. The van der Waals surface area contributed by atoms with Crippen LogP contribution in [-0.4, -0.2) is 31.7 Å². The molecule has 2 aromatic carbocycles. The van der Waals surface area contributed by atoms with Crippen LogP contribution in [0.1, 0.15) is 16.8 Å². The third-order valence-corrected chi connectivity index (χ3v) is 5.17. The number of nitrogens with zero attached hydrogens (tertiary/aromatic N) is 1. The third kappa shape index (κ3) is 4.08. The van der Waals surface area contributed by atoms with Gasteiger partial charge in [0.1, 0.15) is 0 Å². The van der Waals surface area contributed by atoms with E-state index in [2.05, 4.69) is 10.6 Å². The van der Waals surface area contributed by atoms with E-state index in [1.54, 1.807) is 36.0 Å². The largest absolute Gasteiger partial charge is 0.376 e. The summed E-state index contributed by atoms with van der Waals surface area (Å²) in [6.07, 6.45) is 0.470. The van der Waals surface area contributed by atoms with Crippen molar-refractivity contribution in [2.75, 3.05) is 35.4 Å². The van der Waals surface area contributed by atoms with Crippen molar-refractivity contribution in [3.05, 3.63) is 47.0 Å². The van der Waals surface area contributed by atoms with Crippen LogP contribution in [0.3, 0.4) is 0 Å². The molecule has 2 N–H and O–H groups in total. The van der Waals surface area contributed by atoms with Crippen molar-refractivity contribution in [1.82, 2.24) is 0 Å². The first-order chi connectivity index (χ1) is 11.9. The van der Waals surface area contributed by atoms with Gasteiger partial charge in [-0.15, -0.1) is 11.8 Å². The molecule has 0 radical (unpaired) electrons. The first kappa shape index (κ1) is 17.6. The zero-order valence-electron chi connectivity index (χ0n) is 13.9. The molecule has 1 heterocycles. The highest BCUT2D eigenvalue weighted by Gasteiger charge is 2.16. The minimum atomic E-state index is -0.250. The molecule has 0 aliphatic carbocycles. The number of thioether (sulfide) groups is 1. The number of nitrogens with one attached hydrogen (secondary N) is 2. The van der Waals surface area contributed by atoms with Crippen molar-refractivity contribution in [2.45, 2.75) is 11.3 Å². The normalized spacial score (nSPS) is 13.5. The molecule has 25 heavy (non-hydrogen) atoms. The number of rotatable bonds is 3. The van der Waals surface area contributed by atoms with Gasteiger partial charge in [-0.3, -0.25) is 9.59 Å². The predicted octanol–water partition coefficient (Wildman–Crippen LogP) is 4.09. The van der Waals surface area contributed by atoms with Gasteiger partial charge in [0, 0.05) is 42.4 Å². The summed E-state index contributed by atoms with van der Waals surface area (Å²) in [5.74, 6) is 0.455. The van der Waals surface area contributed by atoms with Gasteiger partial charge >= 0.3 is 0 Å². The Hall–Kier alpha value is -2.18. The Morgan fingerprint density at radius 2 is 2.04 bits per heavy atom. The summed E-state index contributed by atoms with van der Waals surface area (Å²) in [5.41, 5.74) is 2.66. The van der Waals surface area contributed by atoms with Gasteiger partial charge in [0.25, 0.3) is 5.91 Å². The zero-order valence-corrected chi connectivity index (χ0v) is 15.5. The number of hydrogen-bond donors (Lipinski definition) is 2. The number of anilines is 3. The van der Waals surface area contributed by atoms with Crippen LogP contribution in [0.15, 0.2) is 41.3 Å². The molecule has 0 spiro atoms. The van der Waals surface area contributed by atoms with Gasteiger partial charge < -0.3 is 15.5 Å². The molecule has 1 aliphatic heterocycles. The monoisotopic (exact) mass is 375 g/mol.